The number of benzene rings is 1. The molecule has 3 fully saturated rings. The second kappa shape index (κ2) is 9.61. The van der Waals surface area contributed by atoms with Crippen molar-refractivity contribution < 1.29 is 31.1 Å². The van der Waals surface area contributed by atoms with Crippen LogP contribution < -0.4 is 0 Å². The zero-order valence-corrected chi connectivity index (χ0v) is 21.7. The number of aromatic nitrogens is 2. The van der Waals surface area contributed by atoms with Crippen LogP contribution >= 0.6 is 0 Å². The first-order valence-corrected chi connectivity index (χ1v) is 14.6. The first kappa shape index (κ1) is 25.8. The van der Waals surface area contributed by atoms with Gasteiger partial charge >= 0.3 is 0 Å². The Morgan fingerprint density at radius 3 is 2.58 bits per heavy atom. The van der Waals surface area contributed by atoms with E-state index in [4.69, 9.17) is 9.84 Å². The number of rotatable bonds is 5. The molecule has 4 aliphatic heterocycles. The molecular formula is C25H30F3N5O4S. The van der Waals surface area contributed by atoms with E-state index in [2.05, 4.69) is 4.90 Å². The molecule has 38 heavy (non-hydrogen) atoms. The summed E-state index contributed by atoms with van der Waals surface area (Å²) in [5, 5.41) is 4.72. The molecular weight excluding hydrogens is 523 g/mol. The van der Waals surface area contributed by atoms with Crippen molar-refractivity contribution in [2.75, 3.05) is 65.6 Å². The van der Waals surface area contributed by atoms with Gasteiger partial charge in [-0.2, -0.15) is 5.10 Å². The highest BCUT2D eigenvalue weighted by Crippen LogP contribution is 2.43. The molecule has 206 valence electrons. The number of hydrogen-bond acceptors (Lipinski definition) is 7. The third kappa shape index (κ3) is 4.63. The SMILES string of the molecule is O=C(c1nn([C@H]2CCCN(CCN3CC(F)(F)C3)C2)c2c1CS(=O)(=O)c1c(F)cccc1-2)N1CCOCC1. The van der Waals surface area contributed by atoms with E-state index in [0.29, 0.717) is 57.2 Å². The van der Waals surface area contributed by atoms with Crippen molar-refractivity contribution in [2.45, 2.75) is 35.5 Å². The predicted octanol–water partition coefficient (Wildman–Crippen LogP) is 2.04. The van der Waals surface area contributed by atoms with Gasteiger partial charge in [0.15, 0.2) is 15.5 Å². The number of morpholine rings is 1. The van der Waals surface area contributed by atoms with Gasteiger partial charge in [0.1, 0.15) is 10.7 Å². The maximum atomic E-state index is 14.9. The quantitative estimate of drug-likeness (QED) is 0.560. The Balaban J connectivity index is 1.35. The van der Waals surface area contributed by atoms with Crippen LogP contribution in [0, 0.1) is 5.82 Å². The van der Waals surface area contributed by atoms with Crippen molar-refractivity contribution in [1.82, 2.24) is 24.5 Å². The predicted molar refractivity (Wildman–Crippen MR) is 131 cm³/mol. The summed E-state index contributed by atoms with van der Waals surface area (Å²) in [6.07, 6.45) is 1.57. The number of ether oxygens (including phenoxy) is 1. The number of alkyl halides is 2. The molecule has 0 bridgehead atoms. The number of amides is 1. The lowest BCUT2D eigenvalue weighted by molar-refractivity contribution is -0.131. The summed E-state index contributed by atoms with van der Waals surface area (Å²) in [6, 6.07) is 3.98. The third-order valence-electron chi connectivity index (χ3n) is 7.85. The number of piperidine rings is 1. The van der Waals surface area contributed by atoms with E-state index in [1.54, 1.807) is 20.5 Å². The fraction of sp³-hybridized carbons (Fsp3) is 0.600. The van der Waals surface area contributed by atoms with Crippen LogP contribution in [0.3, 0.4) is 0 Å². The number of fused-ring (bicyclic) bond motifs is 3. The largest absolute Gasteiger partial charge is 0.378 e. The van der Waals surface area contributed by atoms with Gasteiger partial charge in [-0.25, -0.2) is 21.6 Å². The highest BCUT2D eigenvalue weighted by Gasteiger charge is 2.44. The fourth-order valence-electron chi connectivity index (χ4n) is 6.00. The minimum Gasteiger partial charge on any atom is -0.378 e. The molecule has 0 unspecified atom stereocenters. The average Bonchev–Trinajstić information content (AvgIpc) is 3.25. The van der Waals surface area contributed by atoms with Crippen LogP contribution in [-0.2, 0) is 20.3 Å². The zero-order valence-electron chi connectivity index (χ0n) is 20.9. The molecule has 1 amide bonds. The molecule has 3 saturated heterocycles. The summed E-state index contributed by atoms with van der Waals surface area (Å²) in [5.74, 6) is -4.28. The highest BCUT2D eigenvalue weighted by molar-refractivity contribution is 7.91. The van der Waals surface area contributed by atoms with Crippen molar-refractivity contribution in [1.29, 1.82) is 0 Å². The Morgan fingerprint density at radius 1 is 1.11 bits per heavy atom. The van der Waals surface area contributed by atoms with Gasteiger partial charge in [-0.15, -0.1) is 0 Å². The second-order valence-corrected chi connectivity index (χ2v) is 12.5. The van der Waals surface area contributed by atoms with Gasteiger partial charge in [-0.1, -0.05) is 12.1 Å². The van der Waals surface area contributed by atoms with E-state index in [1.807, 2.05) is 0 Å². The van der Waals surface area contributed by atoms with Crippen LogP contribution in [-0.4, -0.2) is 110 Å². The molecule has 13 heteroatoms. The zero-order chi connectivity index (χ0) is 26.7. The lowest BCUT2D eigenvalue weighted by Gasteiger charge is -2.41. The maximum Gasteiger partial charge on any atom is 0.274 e. The van der Waals surface area contributed by atoms with Crippen molar-refractivity contribution in [3.05, 3.63) is 35.3 Å². The number of carbonyl (C=O) groups excluding carboxylic acids is 1. The summed E-state index contributed by atoms with van der Waals surface area (Å²) in [6.45, 7) is 3.63. The van der Waals surface area contributed by atoms with E-state index >= 15 is 0 Å². The summed E-state index contributed by atoms with van der Waals surface area (Å²) >= 11 is 0. The van der Waals surface area contributed by atoms with Gasteiger partial charge in [0.25, 0.3) is 11.8 Å². The van der Waals surface area contributed by atoms with Crippen molar-refractivity contribution in [3.63, 3.8) is 0 Å². The van der Waals surface area contributed by atoms with Gasteiger partial charge in [-0.05, 0) is 25.5 Å². The summed E-state index contributed by atoms with van der Waals surface area (Å²) in [7, 11) is -4.03. The first-order valence-electron chi connectivity index (χ1n) is 13.0. The normalized spacial score (nSPS) is 24.9. The summed E-state index contributed by atoms with van der Waals surface area (Å²) in [5.41, 5.74) is 1.08. The standard InChI is InChI=1S/C25H30F3N5O4S/c26-20-5-1-4-18-22-19(14-38(35,36)23(18)20)21(24(34)32-9-11-37-12-10-32)29-33(22)17-3-2-6-30(13-17)7-8-31-15-25(27,28)16-31/h1,4-5,17H,2-3,6-16H2/t17-/m0/s1. The Hall–Kier alpha value is -2.48. The molecule has 6 rings (SSSR count). The molecule has 1 aromatic heterocycles. The van der Waals surface area contributed by atoms with Crippen molar-refractivity contribution >= 4 is 15.7 Å². The summed E-state index contributed by atoms with van der Waals surface area (Å²) < 4.78 is 74.8. The summed E-state index contributed by atoms with van der Waals surface area (Å²) in [4.78, 5) is 18.7. The molecule has 0 saturated carbocycles. The Morgan fingerprint density at radius 2 is 1.84 bits per heavy atom. The molecule has 1 atom stereocenters. The lowest BCUT2D eigenvalue weighted by atomic mass is 10.0. The number of nitrogens with zero attached hydrogens (tertiary/aromatic N) is 5. The van der Waals surface area contributed by atoms with Gasteiger partial charge < -0.3 is 9.64 Å². The number of hydrogen-bond donors (Lipinski definition) is 0. The van der Waals surface area contributed by atoms with Crippen LogP contribution in [0.4, 0.5) is 13.2 Å². The Kier molecular flexibility index (Phi) is 6.52. The van der Waals surface area contributed by atoms with E-state index in [1.165, 1.54) is 6.07 Å². The van der Waals surface area contributed by atoms with Crippen LogP contribution in [0.2, 0.25) is 0 Å². The number of likely N-dealkylation sites (tertiary alicyclic amines) is 2. The van der Waals surface area contributed by atoms with Gasteiger partial charge in [0.05, 0.1) is 43.8 Å². The van der Waals surface area contributed by atoms with E-state index < -0.39 is 27.3 Å². The molecule has 9 nitrogen and oxygen atoms in total. The van der Waals surface area contributed by atoms with Crippen molar-refractivity contribution in [3.8, 4) is 11.3 Å². The Bertz CT molecular complexity index is 1350. The van der Waals surface area contributed by atoms with E-state index in [0.717, 1.165) is 25.5 Å². The molecule has 2 aromatic rings. The second-order valence-electron chi connectivity index (χ2n) is 10.6. The molecule has 0 spiro atoms. The van der Waals surface area contributed by atoms with Crippen LogP contribution in [0.15, 0.2) is 23.1 Å². The number of halogens is 3. The molecule has 0 radical (unpaired) electrons. The van der Waals surface area contributed by atoms with Gasteiger partial charge in [-0.3, -0.25) is 19.3 Å². The Labute approximate surface area is 219 Å². The van der Waals surface area contributed by atoms with Crippen LogP contribution in [0.5, 0.6) is 0 Å². The van der Waals surface area contributed by atoms with Crippen LogP contribution in [0.25, 0.3) is 11.3 Å². The first-order chi connectivity index (χ1) is 18.1. The van der Waals surface area contributed by atoms with Gasteiger partial charge in [0.2, 0.25) is 0 Å². The number of carbonyl (C=O) groups is 1. The van der Waals surface area contributed by atoms with Crippen LogP contribution in [0.1, 0.15) is 34.9 Å². The van der Waals surface area contributed by atoms with E-state index in [9.17, 15) is 26.4 Å². The number of sulfone groups is 1. The van der Waals surface area contributed by atoms with Gasteiger partial charge in [0, 0.05) is 43.9 Å². The third-order valence-corrected chi connectivity index (χ3v) is 9.55. The molecule has 5 heterocycles. The molecule has 0 N–H and O–H groups in total. The fourth-order valence-corrected chi connectivity index (χ4v) is 7.66. The molecule has 0 aliphatic carbocycles. The molecule has 1 aromatic carbocycles. The van der Waals surface area contributed by atoms with Crippen molar-refractivity contribution in [2.24, 2.45) is 0 Å². The molecule has 4 aliphatic rings. The lowest BCUT2D eigenvalue weighted by Crippen LogP contribution is -2.57. The minimum atomic E-state index is -4.03. The van der Waals surface area contributed by atoms with E-state index in [-0.39, 0.29) is 41.2 Å². The topological polar surface area (TPSA) is 88.0 Å². The average molecular weight is 554 g/mol. The minimum absolute atomic E-state index is 0.0836. The smallest absolute Gasteiger partial charge is 0.274 e. The highest BCUT2D eigenvalue weighted by atomic mass is 32.2. The monoisotopic (exact) mass is 553 g/mol. The maximum absolute atomic E-state index is 14.9.